The van der Waals surface area contributed by atoms with E-state index < -0.39 is 0 Å². The monoisotopic (exact) mass is 326 g/mol. The third kappa shape index (κ3) is 5.04. The number of rotatable bonds is 7. The maximum Gasteiger partial charge on any atom is 0.251 e. The highest BCUT2D eigenvalue weighted by atomic mass is 79.9. The number of ether oxygens (including phenoxy) is 1. The zero-order valence-electron chi connectivity index (χ0n) is 11.0. The summed E-state index contributed by atoms with van der Waals surface area (Å²) in [6.45, 7) is 7.03. The zero-order chi connectivity index (χ0) is 14.3. The predicted molar refractivity (Wildman–Crippen MR) is 81.3 cm³/mol. The predicted octanol–water partition coefficient (Wildman–Crippen LogP) is 2.66. The number of nitrogen functional groups attached to an aromatic ring is 1. The van der Waals surface area contributed by atoms with Gasteiger partial charge in [0.25, 0.3) is 5.91 Å². The molecular formula is C14H19BrN2O2. The second-order valence-electron chi connectivity index (χ2n) is 4.11. The Balaban J connectivity index is 2.48. The van der Waals surface area contributed by atoms with Gasteiger partial charge >= 0.3 is 0 Å². The molecule has 19 heavy (non-hydrogen) atoms. The van der Waals surface area contributed by atoms with Crippen LogP contribution < -0.4 is 11.1 Å². The molecule has 0 unspecified atom stereocenters. The summed E-state index contributed by atoms with van der Waals surface area (Å²) in [5.74, 6) is -0.141. The molecule has 0 aromatic heterocycles. The highest BCUT2D eigenvalue weighted by molar-refractivity contribution is 9.10. The highest BCUT2D eigenvalue weighted by Gasteiger charge is 2.11. The van der Waals surface area contributed by atoms with E-state index in [0.29, 0.717) is 31.0 Å². The van der Waals surface area contributed by atoms with Crippen LogP contribution in [0.2, 0.25) is 0 Å². The van der Waals surface area contributed by atoms with Crippen molar-refractivity contribution in [1.82, 2.24) is 5.32 Å². The molecule has 0 radical (unpaired) electrons. The minimum absolute atomic E-state index is 0.141. The van der Waals surface area contributed by atoms with Crippen molar-refractivity contribution in [2.45, 2.75) is 13.3 Å². The first kappa shape index (κ1) is 15.7. The van der Waals surface area contributed by atoms with Crippen LogP contribution in [0.15, 0.2) is 29.3 Å². The second kappa shape index (κ2) is 7.96. The molecule has 3 N–H and O–H groups in total. The molecule has 104 valence electrons. The molecule has 1 aromatic carbocycles. The largest absolute Gasteiger partial charge is 0.398 e. The van der Waals surface area contributed by atoms with Crippen molar-refractivity contribution in [2.24, 2.45) is 0 Å². The van der Waals surface area contributed by atoms with Crippen molar-refractivity contribution in [3.8, 4) is 0 Å². The summed E-state index contributed by atoms with van der Waals surface area (Å²) in [6, 6.07) is 3.55. The molecule has 0 bridgehead atoms. The molecule has 0 saturated heterocycles. The van der Waals surface area contributed by atoms with Crippen molar-refractivity contribution in [2.75, 3.05) is 25.5 Å². The third-order valence-corrected chi connectivity index (χ3v) is 3.11. The van der Waals surface area contributed by atoms with Crippen molar-refractivity contribution < 1.29 is 9.53 Å². The summed E-state index contributed by atoms with van der Waals surface area (Å²) < 4.78 is 6.11. The van der Waals surface area contributed by atoms with Crippen LogP contribution in [-0.2, 0) is 4.74 Å². The van der Waals surface area contributed by atoms with Gasteiger partial charge in [0.15, 0.2) is 0 Å². The lowest BCUT2D eigenvalue weighted by atomic mass is 10.1. The van der Waals surface area contributed by atoms with E-state index in [1.165, 1.54) is 0 Å². The molecule has 1 amide bonds. The Hall–Kier alpha value is -1.33. The molecule has 0 saturated carbocycles. The molecule has 5 heteroatoms. The minimum Gasteiger partial charge on any atom is -0.398 e. The Bertz CT molecular complexity index is 461. The topological polar surface area (TPSA) is 64.3 Å². The number of carbonyl (C=O) groups excluding carboxylic acids is 1. The molecule has 0 fully saturated rings. The first-order valence-corrected chi connectivity index (χ1v) is 6.88. The van der Waals surface area contributed by atoms with E-state index >= 15 is 0 Å². The summed E-state index contributed by atoms with van der Waals surface area (Å²) in [4.78, 5) is 12.0. The van der Waals surface area contributed by atoms with E-state index in [4.69, 9.17) is 10.5 Å². The molecule has 0 aliphatic carbocycles. The normalized spacial score (nSPS) is 10.2. The Labute approximate surface area is 122 Å². The second-order valence-corrected chi connectivity index (χ2v) is 5.03. The number of nitrogens with one attached hydrogen (secondary N) is 1. The average molecular weight is 327 g/mol. The van der Waals surface area contributed by atoms with E-state index in [2.05, 4.69) is 27.8 Å². The van der Waals surface area contributed by atoms with Crippen molar-refractivity contribution in [1.29, 1.82) is 0 Å². The summed E-state index contributed by atoms with van der Waals surface area (Å²) in [5.41, 5.74) is 7.79. The van der Waals surface area contributed by atoms with Gasteiger partial charge in [0.1, 0.15) is 0 Å². The van der Waals surface area contributed by atoms with E-state index in [-0.39, 0.29) is 5.91 Å². The quantitative estimate of drug-likeness (QED) is 0.460. The molecule has 0 aliphatic heterocycles. The fourth-order valence-corrected chi connectivity index (χ4v) is 2.01. The minimum atomic E-state index is -0.141. The molecule has 1 rings (SSSR count). The summed E-state index contributed by atoms with van der Waals surface area (Å²) >= 11 is 3.33. The molecule has 4 nitrogen and oxygen atoms in total. The number of halogens is 1. The van der Waals surface area contributed by atoms with E-state index in [9.17, 15) is 4.79 Å². The van der Waals surface area contributed by atoms with Gasteiger partial charge in [-0.15, -0.1) is 6.58 Å². The highest BCUT2D eigenvalue weighted by Crippen LogP contribution is 2.22. The molecule has 0 heterocycles. The van der Waals surface area contributed by atoms with Crippen molar-refractivity contribution >= 4 is 27.5 Å². The first-order chi connectivity index (χ1) is 9.06. The van der Waals surface area contributed by atoms with Crippen molar-refractivity contribution in [3.05, 3.63) is 40.4 Å². The first-order valence-electron chi connectivity index (χ1n) is 6.08. The number of nitrogens with two attached hydrogens (primary N) is 1. The van der Waals surface area contributed by atoms with E-state index in [1.807, 2.05) is 6.92 Å². The Morgan fingerprint density at radius 2 is 2.26 bits per heavy atom. The van der Waals surface area contributed by atoms with Gasteiger partial charge in [-0.3, -0.25) is 4.79 Å². The number of anilines is 1. The smallest absolute Gasteiger partial charge is 0.251 e. The maximum atomic E-state index is 12.0. The maximum absolute atomic E-state index is 12.0. The van der Waals surface area contributed by atoms with E-state index in [0.717, 1.165) is 16.5 Å². The van der Waals surface area contributed by atoms with Gasteiger partial charge in [-0.25, -0.2) is 0 Å². The fourth-order valence-electron chi connectivity index (χ4n) is 1.54. The Morgan fingerprint density at radius 3 is 2.95 bits per heavy atom. The average Bonchev–Trinajstić information content (AvgIpc) is 2.37. The van der Waals surface area contributed by atoms with Crippen LogP contribution in [0.4, 0.5) is 5.69 Å². The van der Waals surface area contributed by atoms with Crippen LogP contribution in [0.5, 0.6) is 0 Å². The number of carbonyl (C=O) groups is 1. The van der Waals surface area contributed by atoms with Crippen LogP contribution >= 0.6 is 15.9 Å². The van der Waals surface area contributed by atoms with Gasteiger partial charge in [-0.05, 0) is 31.0 Å². The van der Waals surface area contributed by atoms with Gasteiger partial charge in [-0.2, -0.15) is 0 Å². The number of hydrogen-bond acceptors (Lipinski definition) is 3. The summed E-state index contributed by atoms with van der Waals surface area (Å²) in [7, 11) is 0. The SMILES string of the molecule is C=CCCOCCNC(=O)c1cc(Br)cc(N)c1C. The molecular weight excluding hydrogens is 308 g/mol. The molecule has 0 atom stereocenters. The van der Waals surface area contributed by atoms with Crippen LogP contribution in [-0.4, -0.2) is 25.7 Å². The number of amides is 1. The van der Waals surface area contributed by atoms with Gasteiger partial charge in [0, 0.05) is 22.3 Å². The lowest BCUT2D eigenvalue weighted by molar-refractivity contribution is 0.0917. The summed E-state index contributed by atoms with van der Waals surface area (Å²) in [6.07, 6.45) is 2.61. The standard InChI is InChI=1S/C14H19BrN2O2/c1-3-4-6-19-7-5-17-14(18)12-8-11(15)9-13(16)10(12)2/h3,8-9H,1,4-7,16H2,2H3,(H,17,18). The van der Waals surface area contributed by atoms with Gasteiger partial charge in [-0.1, -0.05) is 22.0 Å². The van der Waals surface area contributed by atoms with Crippen LogP contribution in [0.25, 0.3) is 0 Å². The Kier molecular flexibility index (Phi) is 6.59. The molecule has 0 spiro atoms. The lowest BCUT2D eigenvalue weighted by Gasteiger charge is -2.10. The number of hydrogen-bond donors (Lipinski definition) is 2. The fraction of sp³-hybridized carbons (Fsp3) is 0.357. The van der Waals surface area contributed by atoms with Crippen molar-refractivity contribution in [3.63, 3.8) is 0 Å². The van der Waals surface area contributed by atoms with Gasteiger partial charge in [0.2, 0.25) is 0 Å². The van der Waals surface area contributed by atoms with E-state index in [1.54, 1.807) is 18.2 Å². The van der Waals surface area contributed by atoms with Crippen LogP contribution in [0.1, 0.15) is 22.3 Å². The zero-order valence-corrected chi connectivity index (χ0v) is 12.6. The lowest BCUT2D eigenvalue weighted by Crippen LogP contribution is -2.28. The van der Waals surface area contributed by atoms with Crippen LogP contribution in [0, 0.1) is 6.92 Å². The van der Waals surface area contributed by atoms with Gasteiger partial charge in [0.05, 0.1) is 13.2 Å². The number of benzene rings is 1. The molecule has 0 aliphatic rings. The van der Waals surface area contributed by atoms with Crippen LogP contribution in [0.3, 0.4) is 0 Å². The molecule has 1 aromatic rings. The Morgan fingerprint density at radius 1 is 1.53 bits per heavy atom. The summed E-state index contributed by atoms with van der Waals surface area (Å²) in [5, 5.41) is 2.80. The van der Waals surface area contributed by atoms with Gasteiger partial charge < -0.3 is 15.8 Å². The third-order valence-electron chi connectivity index (χ3n) is 2.66.